The SMILES string of the molecule is O=C(O)c1ccc(C2(NC(=O)c3cc(-c4cc(F)cc(C(F)(F)F)c4)cc4ccn(Cc5ccc6c(F)ccnc6c5)c34)CC2)cc1. The Kier molecular flexibility index (Phi) is 7.07. The van der Waals surface area contributed by atoms with E-state index >= 15 is 0 Å². The van der Waals surface area contributed by atoms with Crippen molar-refractivity contribution in [3.8, 4) is 11.1 Å². The molecule has 1 saturated carbocycles. The highest BCUT2D eigenvalue weighted by molar-refractivity contribution is 6.08. The fourth-order valence-corrected chi connectivity index (χ4v) is 6.02. The minimum atomic E-state index is -4.78. The van der Waals surface area contributed by atoms with E-state index in [1.165, 1.54) is 30.5 Å². The molecule has 0 aliphatic heterocycles. The molecular formula is C36H24F5N3O3. The van der Waals surface area contributed by atoms with Crippen molar-refractivity contribution >= 4 is 33.7 Å². The minimum Gasteiger partial charge on any atom is -0.478 e. The molecular weight excluding hydrogens is 617 g/mol. The number of carbonyl (C=O) groups is 2. The predicted octanol–water partition coefficient (Wildman–Crippen LogP) is 8.32. The molecule has 2 N–H and O–H groups in total. The van der Waals surface area contributed by atoms with E-state index in [4.69, 9.17) is 0 Å². The first-order valence-corrected chi connectivity index (χ1v) is 14.6. The lowest BCUT2D eigenvalue weighted by molar-refractivity contribution is -0.137. The van der Waals surface area contributed by atoms with Crippen molar-refractivity contribution < 1.29 is 36.6 Å². The molecule has 1 amide bonds. The van der Waals surface area contributed by atoms with Crippen LogP contribution in [0.5, 0.6) is 0 Å². The number of fused-ring (bicyclic) bond motifs is 2. The molecule has 6 aromatic rings. The Balaban J connectivity index is 1.33. The van der Waals surface area contributed by atoms with Crippen molar-refractivity contribution in [2.45, 2.75) is 31.1 Å². The van der Waals surface area contributed by atoms with Gasteiger partial charge >= 0.3 is 12.1 Å². The number of carbonyl (C=O) groups excluding carboxylic acids is 1. The summed E-state index contributed by atoms with van der Waals surface area (Å²) in [7, 11) is 0. The highest BCUT2D eigenvalue weighted by Crippen LogP contribution is 2.46. The van der Waals surface area contributed by atoms with Gasteiger partial charge in [-0.15, -0.1) is 0 Å². The lowest BCUT2D eigenvalue weighted by Crippen LogP contribution is -2.35. The van der Waals surface area contributed by atoms with Crippen LogP contribution in [0, 0.1) is 11.6 Å². The maximum Gasteiger partial charge on any atom is 0.416 e. The van der Waals surface area contributed by atoms with Crippen molar-refractivity contribution in [1.82, 2.24) is 14.9 Å². The molecule has 1 aliphatic carbocycles. The Morgan fingerprint density at radius 1 is 0.894 bits per heavy atom. The Bertz CT molecular complexity index is 2220. The highest BCUT2D eigenvalue weighted by atomic mass is 19.4. The van der Waals surface area contributed by atoms with Crippen LogP contribution in [0.1, 0.15) is 50.2 Å². The van der Waals surface area contributed by atoms with Crippen LogP contribution < -0.4 is 5.32 Å². The number of nitrogens with one attached hydrogen (secondary N) is 1. The van der Waals surface area contributed by atoms with Crippen molar-refractivity contribution in [1.29, 1.82) is 0 Å². The largest absolute Gasteiger partial charge is 0.478 e. The first-order valence-electron chi connectivity index (χ1n) is 14.6. The molecule has 2 heterocycles. The van der Waals surface area contributed by atoms with Gasteiger partial charge in [-0.2, -0.15) is 13.2 Å². The van der Waals surface area contributed by atoms with Gasteiger partial charge in [0.25, 0.3) is 5.91 Å². The van der Waals surface area contributed by atoms with Crippen molar-refractivity contribution in [2.24, 2.45) is 0 Å². The van der Waals surface area contributed by atoms with Crippen molar-refractivity contribution in [3.63, 3.8) is 0 Å². The topological polar surface area (TPSA) is 84.2 Å². The van der Waals surface area contributed by atoms with Crippen LogP contribution in [0.4, 0.5) is 22.0 Å². The molecule has 0 bridgehead atoms. The Labute approximate surface area is 264 Å². The maximum atomic E-state index is 14.4. The molecule has 0 unspecified atom stereocenters. The van der Waals surface area contributed by atoms with Gasteiger partial charge in [-0.3, -0.25) is 9.78 Å². The summed E-state index contributed by atoms with van der Waals surface area (Å²) in [6.07, 6.45) is -0.492. The minimum absolute atomic E-state index is 0.0472. The Morgan fingerprint density at radius 2 is 1.64 bits per heavy atom. The van der Waals surface area contributed by atoms with Gasteiger partial charge in [0.1, 0.15) is 11.6 Å². The summed E-state index contributed by atoms with van der Waals surface area (Å²) in [5, 5.41) is 13.2. The van der Waals surface area contributed by atoms with Crippen LogP contribution in [0.2, 0.25) is 0 Å². The number of amides is 1. The van der Waals surface area contributed by atoms with E-state index in [-0.39, 0.29) is 28.8 Å². The number of pyridine rings is 1. The molecule has 11 heteroatoms. The summed E-state index contributed by atoms with van der Waals surface area (Å²) >= 11 is 0. The molecule has 47 heavy (non-hydrogen) atoms. The van der Waals surface area contributed by atoms with Crippen LogP contribution in [0.15, 0.2) is 97.3 Å². The van der Waals surface area contributed by atoms with E-state index in [0.717, 1.165) is 23.3 Å². The van der Waals surface area contributed by atoms with Gasteiger partial charge in [-0.05, 0) is 102 Å². The van der Waals surface area contributed by atoms with Crippen molar-refractivity contribution in [3.05, 3.63) is 137 Å². The summed E-state index contributed by atoms with van der Waals surface area (Å²) in [5.74, 6) is -3.06. The molecule has 4 aromatic carbocycles. The first-order chi connectivity index (χ1) is 22.4. The van der Waals surface area contributed by atoms with E-state index in [1.54, 1.807) is 48.7 Å². The molecule has 6 nitrogen and oxygen atoms in total. The molecule has 0 saturated heterocycles. The number of carboxylic acid groups (broad SMARTS) is 1. The van der Waals surface area contributed by atoms with E-state index < -0.39 is 40.8 Å². The Hall–Kier alpha value is -5.58. The van der Waals surface area contributed by atoms with Gasteiger partial charge in [-0.1, -0.05) is 18.2 Å². The fourth-order valence-electron chi connectivity index (χ4n) is 6.02. The average Bonchev–Trinajstić information content (AvgIpc) is 3.71. The number of alkyl halides is 3. The number of aromatic carboxylic acids is 1. The number of carboxylic acids is 1. The van der Waals surface area contributed by atoms with Crippen LogP contribution >= 0.6 is 0 Å². The number of benzene rings is 4. The summed E-state index contributed by atoms with van der Waals surface area (Å²) in [6, 6.07) is 19.6. The van der Waals surface area contributed by atoms with Crippen molar-refractivity contribution in [2.75, 3.05) is 0 Å². The molecule has 2 aromatic heterocycles. The molecule has 1 aliphatic rings. The third-order valence-electron chi connectivity index (χ3n) is 8.56. The average molecular weight is 642 g/mol. The molecule has 0 radical (unpaired) electrons. The summed E-state index contributed by atoms with van der Waals surface area (Å²) in [4.78, 5) is 29.7. The van der Waals surface area contributed by atoms with Gasteiger partial charge < -0.3 is 15.0 Å². The quantitative estimate of drug-likeness (QED) is 0.172. The van der Waals surface area contributed by atoms with E-state index in [9.17, 15) is 36.6 Å². The maximum absolute atomic E-state index is 14.4. The number of halogens is 5. The normalized spacial score (nSPS) is 14.0. The second kappa shape index (κ2) is 11.0. The Morgan fingerprint density at radius 3 is 2.34 bits per heavy atom. The van der Waals surface area contributed by atoms with Crippen LogP contribution in [0.25, 0.3) is 32.9 Å². The smallest absolute Gasteiger partial charge is 0.416 e. The van der Waals surface area contributed by atoms with Gasteiger partial charge in [0.15, 0.2) is 0 Å². The number of hydrogen-bond acceptors (Lipinski definition) is 3. The zero-order valence-corrected chi connectivity index (χ0v) is 24.4. The molecule has 1 fully saturated rings. The van der Waals surface area contributed by atoms with Gasteiger partial charge in [0.05, 0.1) is 33.3 Å². The number of nitrogens with zero attached hydrogens (tertiary/aromatic N) is 2. The zero-order valence-electron chi connectivity index (χ0n) is 24.4. The molecule has 0 spiro atoms. The van der Waals surface area contributed by atoms with Gasteiger partial charge in [0, 0.05) is 29.7 Å². The van der Waals surface area contributed by atoms with Crippen LogP contribution in [-0.2, 0) is 18.3 Å². The fraction of sp³-hybridized carbons (Fsp3) is 0.139. The van der Waals surface area contributed by atoms with Crippen LogP contribution in [0.3, 0.4) is 0 Å². The van der Waals surface area contributed by atoms with Gasteiger partial charge in [0.2, 0.25) is 0 Å². The first kappa shape index (κ1) is 30.1. The molecule has 236 valence electrons. The summed E-state index contributed by atoms with van der Waals surface area (Å²) in [6.45, 7) is 0.261. The third kappa shape index (κ3) is 5.69. The summed E-state index contributed by atoms with van der Waals surface area (Å²) in [5.41, 5.74) is 0.930. The zero-order chi connectivity index (χ0) is 33.1. The number of rotatable bonds is 7. The lowest BCUT2D eigenvalue weighted by atomic mass is 9.97. The number of aromatic nitrogens is 2. The highest BCUT2D eigenvalue weighted by Gasteiger charge is 2.46. The summed E-state index contributed by atoms with van der Waals surface area (Å²) < 4.78 is 71.3. The van der Waals surface area contributed by atoms with E-state index in [1.807, 2.05) is 4.57 Å². The monoisotopic (exact) mass is 641 g/mol. The second-order valence-electron chi connectivity index (χ2n) is 11.7. The lowest BCUT2D eigenvalue weighted by Gasteiger charge is -2.20. The molecule has 7 rings (SSSR count). The second-order valence-corrected chi connectivity index (χ2v) is 11.7. The van der Waals surface area contributed by atoms with E-state index in [0.29, 0.717) is 40.7 Å². The van der Waals surface area contributed by atoms with Crippen LogP contribution in [-0.4, -0.2) is 26.5 Å². The van der Waals surface area contributed by atoms with Gasteiger partial charge in [-0.25, -0.2) is 13.6 Å². The van der Waals surface area contributed by atoms with E-state index in [2.05, 4.69) is 10.3 Å². The third-order valence-corrected chi connectivity index (χ3v) is 8.56. The number of hydrogen-bond donors (Lipinski definition) is 2. The molecule has 0 atom stereocenters. The predicted molar refractivity (Wildman–Crippen MR) is 165 cm³/mol. The standard InChI is InChI=1S/C36H24F5N3O3/c37-27-16-24(15-26(18-27)36(39,40)41)23-14-22-8-12-44(19-20-1-6-28-30(38)7-11-42-31(28)13-20)32(22)29(17-23)33(45)43-35(9-10-35)25-4-2-21(3-5-25)34(46)47/h1-8,11-18H,9-10,19H2,(H,43,45)(H,46,47).